The molecule has 5 heteroatoms. The van der Waals surface area contributed by atoms with Gasteiger partial charge in [-0.1, -0.05) is 42.7 Å². The van der Waals surface area contributed by atoms with Crippen LogP contribution in [0, 0.1) is 6.92 Å². The van der Waals surface area contributed by atoms with E-state index >= 15 is 0 Å². The SMILES string of the molecule is Cc1ccc(CNc2cc(-c3ccncc3)nc(NC3CCCC3)n2)cc1. The Labute approximate surface area is 160 Å². The summed E-state index contributed by atoms with van der Waals surface area (Å²) >= 11 is 0. The molecule has 0 spiro atoms. The Morgan fingerprint density at radius 2 is 1.70 bits per heavy atom. The van der Waals surface area contributed by atoms with Crippen molar-refractivity contribution in [3.63, 3.8) is 0 Å². The van der Waals surface area contributed by atoms with Gasteiger partial charge in [0.15, 0.2) is 0 Å². The molecule has 4 rings (SSSR count). The summed E-state index contributed by atoms with van der Waals surface area (Å²) in [5, 5.41) is 6.97. The third-order valence-corrected chi connectivity index (χ3v) is 4.98. The number of nitrogens with zero attached hydrogens (tertiary/aromatic N) is 3. The second-order valence-corrected chi connectivity index (χ2v) is 7.16. The molecule has 2 heterocycles. The van der Waals surface area contributed by atoms with Crippen LogP contribution >= 0.6 is 0 Å². The van der Waals surface area contributed by atoms with Gasteiger partial charge >= 0.3 is 0 Å². The highest BCUT2D eigenvalue weighted by Crippen LogP contribution is 2.25. The summed E-state index contributed by atoms with van der Waals surface area (Å²) in [4.78, 5) is 13.6. The Bertz CT molecular complexity index is 871. The molecular formula is C22H25N5. The fourth-order valence-electron chi connectivity index (χ4n) is 3.42. The molecule has 0 saturated heterocycles. The van der Waals surface area contributed by atoms with Gasteiger partial charge in [-0.05, 0) is 37.5 Å². The molecule has 1 aliphatic carbocycles. The lowest BCUT2D eigenvalue weighted by Gasteiger charge is -2.15. The standard InChI is InChI=1S/C22H25N5/c1-16-6-8-17(9-7-16)15-24-21-14-20(18-10-12-23-13-11-18)26-22(27-21)25-19-4-2-3-5-19/h6-14,19H,2-5,15H2,1H3,(H2,24,25,26,27). The van der Waals surface area contributed by atoms with Crippen LogP contribution in [0.3, 0.4) is 0 Å². The predicted octanol–water partition coefficient (Wildman–Crippen LogP) is 4.81. The van der Waals surface area contributed by atoms with Crippen molar-refractivity contribution in [1.82, 2.24) is 15.0 Å². The number of pyridine rings is 1. The Morgan fingerprint density at radius 1 is 0.963 bits per heavy atom. The van der Waals surface area contributed by atoms with Crippen molar-refractivity contribution in [2.24, 2.45) is 0 Å². The monoisotopic (exact) mass is 359 g/mol. The maximum absolute atomic E-state index is 4.74. The van der Waals surface area contributed by atoms with E-state index in [0.29, 0.717) is 12.0 Å². The number of anilines is 2. The van der Waals surface area contributed by atoms with Gasteiger partial charge in [-0.15, -0.1) is 0 Å². The molecule has 27 heavy (non-hydrogen) atoms. The molecule has 0 unspecified atom stereocenters. The molecule has 0 bridgehead atoms. The van der Waals surface area contributed by atoms with Crippen molar-refractivity contribution >= 4 is 11.8 Å². The minimum atomic E-state index is 0.475. The number of rotatable bonds is 6. The summed E-state index contributed by atoms with van der Waals surface area (Å²) in [6, 6.07) is 15.0. The number of hydrogen-bond donors (Lipinski definition) is 2. The zero-order valence-corrected chi connectivity index (χ0v) is 15.7. The number of aromatic nitrogens is 3. The molecule has 0 aliphatic heterocycles. The van der Waals surface area contributed by atoms with E-state index in [0.717, 1.165) is 23.6 Å². The van der Waals surface area contributed by atoms with Crippen LogP contribution in [-0.4, -0.2) is 21.0 Å². The Kier molecular flexibility index (Phi) is 5.28. The van der Waals surface area contributed by atoms with Crippen molar-refractivity contribution in [3.8, 4) is 11.3 Å². The van der Waals surface area contributed by atoms with Gasteiger partial charge in [-0.3, -0.25) is 4.98 Å². The summed E-state index contributed by atoms with van der Waals surface area (Å²) in [7, 11) is 0. The van der Waals surface area contributed by atoms with Crippen LogP contribution < -0.4 is 10.6 Å². The van der Waals surface area contributed by atoms with Crippen LogP contribution in [0.2, 0.25) is 0 Å². The van der Waals surface area contributed by atoms with E-state index in [1.54, 1.807) is 12.4 Å². The number of aryl methyl sites for hydroxylation is 1. The zero-order valence-electron chi connectivity index (χ0n) is 15.7. The third kappa shape index (κ3) is 4.61. The van der Waals surface area contributed by atoms with Gasteiger partial charge in [0, 0.05) is 36.6 Å². The minimum absolute atomic E-state index is 0.475. The predicted molar refractivity (Wildman–Crippen MR) is 110 cm³/mol. The summed E-state index contributed by atoms with van der Waals surface area (Å²) in [6.45, 7) is 2.83. The van der Waals surface area contributed by atoms with Crippen LogP contribution in [0.5, 0.6) is 0 Å². The molecule has 138 valence electrons. The second kappa shape index (κ2) is 8.16. The Morgan fingerprint density at radius 3 is 2.44 bits per heavy atom. The van der Waals surface area contributed by atoms with E-state index in [9.17, 15) is 0 Å². The van der Waals surface area contributed by atoms with Crippen LogP contribution in [0.25, 0.3) is 11.3 Å². The first kappa shape index (κ1) is 17.5. The molecule has 1 aromatic carbocycles. The van der Waals surface area contributed by atoms with Crippen molar-refractivity contribution < 1.29 is 0 Å². The van der Waals surface area contributed by atoms with Crippen LogP contribution in [0.1, 0.15) is 36.8 Å². The summed E-state index contributed by atoms with van der Waals surface area (Å²) in [6.07, 6.45) is 8.52. The fraction of sp³-hybridized carbons (Fsp3) is 0.318. The van der Waals surface area contributed by atoms with Gasteiger partial charge in [0.05, 0.1) is 5.69 Å². The highest BCUT2D eigenvalue weighted by molar-refractivity contribution is 5.64. The van der Waals surface area contributed by atoms with Crippen LogP contribution in [-0.2, 0) is 6.54 Å². The molecule has 0 atom stereocenters. The Hall–Kier alpha value is -2.95. The summed E-state index contributed by atoms with van der Waals surface area (Å²) in [5.74, 6) is 1.53. The first-order valence-electron chi connectivity index (χ1n) is 9.62. The van der Waals surface area contributed by atoms with Gasteiger partial charge in [0.2, 0.25) is 5.95 Å². The molecule has 2 aromatic heterocycles. The zero-order chi connectivity index (χ0) is 18.5. The van der Waals surface area contributed by atoms with E-state index in [4.69, 9.17) is 9.97 Å². The second-order valence-electron chi connectivity index (χ2n) is 7.16. The molecule has 0 amide bonds. The van der Waals surface area contributed by atoms with Crippen LogP contribution in [0.15, 0.2) is 54.9 Å². The molecule has 2 N–H and O–H groups in total. The molecular weight excluding hydrogens is 334 g/mol. The maximum Gasteiger partial charge on any atom is 0.225 e. The van der Waals surface area contributed by atoms with E-state index in [2.05, 4.69) is 46.8 Å². The molecule has 0 radical (unpaired) electrons. The average molecular weight is 359 g/mol. The number of hydrogen-bond acceptors (Lipinski definition) is 5. The highest BCUT2D eigenvalue weighted by atomic mass is 15.2. The minimum Gasteiger partial charge on any atom is -0.366 e. The highest BCUT2D eigenvalue weighted by Gasteiger charge is 2.16. The normalized spacial score (nSPS) is 14.3. The Balaban J connectivity index is 1.57. The first-order chi connectivity index (χ1) is 13.3. The number of nitrogens with one attached hydrogen (secondary N) is 2. The van der Waals surface area contributed by atoms with Gasteiger partial charge < -0.3 is 10.6 Å². The quantitative estimate of drug-likeness (QED) is 0.661. The van der Waals surface area contributed by atoms with Gasteiger partial charge in [-0.25, -0.2) is 4.98 Å². The van der Waals surface area contributed by atoms with Gasteiger partial charge in [0.1, 0.15) is 5.82 Å². The van der Waals surface area contributed by atoms with E-state index in [1.807, 2.05) is 18.2 Å². The first-order valence-corrected chi connectivity index (χ1v) is 9.62. The van der Waals surface area contributed by atoms with Crippen molar-refractivity contribution in [2.45, 2.75) is 45.2 Å². The van der Waals surface area contributed by atoms with Crippen LogP contribution in [0.4, 0.5) is 11.8 Å². The molecule has 1 fully saturated rings. The lowest BCUT2D eigenvalue weighted by Crippen LogP contribution is -2.17. The maximum atomic E-state index is 4.74. The van der Waals surface area contributed by atoms with Crippen molar-refractivity contribution in [3.05, 3.63) is 66.0 Å². The smallest absolute Gasteiger partial charge is 0.225 e. The molecule has 1 saturated carbocycles. The lowest BCUT2D eigenvalue weighted by molar-refractivity contribution is 0.744. The van der Waals surface area contributed by atoms with Gasteiger partial charge in [-0.2, -0.15) is 4.98 Å². The summed E-state index contributed by atoms with van der Waals surface area (Å²) in [5.41, 5.74) is 4.44. The topological polar surface area (TPSA) is 62.7 Å². The number of benzene rings is 1. The lowest BCUT2D eigenvalue weighted by atomic mass is 10.1. The average Bonchev–Trinajstić information content (AvgIpc) is 3.21. The summed E-state index contributed by atoms with van der Waals surface area (Å²) < 4.78 is 0. The molecule has 1 aliphatic rings. The largest absolute Gasteiger partial charge is 0.366 e. The van der Waals surface area contributed by atoms with Crippen molar-refractivity contribution in [2.75, 3.05) is 10.6 Å². The molecule has 3 aromatic rings. The van der Waals surface area contributed by atoms with E-state index < -0.39 is 0 Å². The van der Waals surface area contributed by atoms with E-state index in [1.165, 1.54) is 36.8 Å². The van der Waals surface area contributed by atoms with Gasteiger partial charge in [0.25, 0.3) is 0 Å². The third-order valence-electron chi connectivity index (χ3n) is 4.98. The fourth-order valence-corrected chi connectivity index (χ4v) is 3.42. The van der Waals surface area contributed by atoms with E-state index in [-0.39, 0.29) is 0 Å². The molecule has 5 nitrogen and oxygen atoms in total. The van der Waals surface area contributed by atoms with Crippen molar-refractivity contribution in [1.29, 1.82) is 0 Å².